The van der Waals surface area contributed by atoms with Crippen molar-refractivity contribution in [2.24, 2.45) is 0 Å². The van der Waals surface area contributed by atoms with Gasteiger partial charge in [0, 0.05) is 32.9 Å². The summed E-state index contributed by atoms with van der Waals surface area (Å²) in [5.74, 6) is 0. The zero-order valence-electron chi connectivity index (χ0n) is 49.9. The molecule has 0 fully saturated rings. The number of hydrogen-bond donors (Lipinski definition) is 0. The van der Waals surface area contributed by atoms with Gasteiger partial charge < -0.3 is 9.13 Å². The molecule has 2 nitrogen and oxygen atoms in total. The highest BCUT2D eigenvalue weighted by Gasteiger charge is 2.16. The van der Waals surface area contributed by atoms with Gasteiger partial charge >= 0.3 is 0 Å². The van der Waals surface area contributed by atoms with Gasteiger partial charge in [-0.15, -0.1) is 0 Å². The molecule has 0 saturated carbocycles. The molecular weight excluding hydrogens is 532 g/mol. The van der Waals surface area contributed by atoms with Crippen LogP contribution in [0, 0.1) is 0 Å². The molecule has 0 aliphatic rings. The molecule has 44 heavy (non-hydrogen) atoms. The van der Waals surface area contributed by atoms with E-state index < -0.39 is 246 Å². The van der Waals surface area contributed by atoms with Crippen molar-refractivity contribution in [2.45, 2.75) is 0 Å². The fourth-order valence-corrected chi connectivity index (χ4v) is 5.00. The molecule has 0 spiro atoms. The van der Waals surface area contributed by atoms with Crippen LogP contribution in [0.3, 0.4) is 0 Å². The molecule has 0 unspecified atom stereocenters. The average Bonchev–Trinajstić information content (AvgIpc) is 3.89. The molecule has 2 heterocycles. The molecule has 2 aromatic heterocycles. The van der Waals surface area contributed by atoms with Crippen LogP contribution in [-0.4, -0.2) is 9.13 Å². The predicted molar refractivity (Wildman–Crippen MR) is 186 cm³/mol. The topological polar surface area (TPSA) is 9.86 Å². The van der Waals surface area contributed by atoms with Gasteiger partial charge in [-0.3, -0.25) is 0 Å². The predicted octanol–water partition coefficient (Wildman–Crippen LogP) is 11.2. The van der Waals surface area contributed by atoms with E-state index in [9.17, 15) is 11.0 Å². The molecule has 0 aliphatic carbocycles. The van der Waals surface area contributed by atoms with Crippen molar-refractivity contribution in [3.05, 3.63) is 169 Å². The Hall–Kier alpha value is -5.86. The molecule has 0 atom stereocenters. The minimum Gasteiger partial charge on any atom is -0.309 e. The molecule has 0 N–H and O–H groups in total. The van der Waals surface area contributed by atoms with E-state index in [1.165, 1.54) is 0 Å². The highest BCUT2D eigenvalue weighted by atomic mass is 15.0. The molecule has 9 rings (SSSR count). The van der Waals surface area contributed by atoms with E-state index in [0.717, 1.165) is 4.57 Å². The molecule has 0 bridgehead atoms. The van der Waals surface area contributed by atoms with Crippen LogP contribution in [0.2, 0.25) is 0 Å². The Morgan fingerprint density at radius 2 is 0.682 bits per heavy atom. The highest BCUT2D eigenvalue weighted by Crippen LogP contribution is 2.38. The Morgan fingerprint density at radius 1 is 0.295 bits per heavy atom. The van der Waals surface area contributed by atoms with E-state index >= 15 is 0 Å². The van der Waals surface area contributed by atoms with Crippen molar-refractivity contribution in [1.82, 2.24) is 9.13 Å². The third-order valence-electron chi connectivity index (χ3n) is 6.86. The van der Waals surface area contributed by atoms with Crippen LogP contribution in [-0.2, 0) is 0 Å². The monoisotopic (exact) mass is 588 g/mol. The minimum atomic E-state index is -1.05. The van der Waals surface area contributed by atoms with E-state index in [4.69, 9.17) is 27.4 Å². The van der Waals surface area contributed by atoms with Crippen molar-refractivity contribution >= 4 is 43.6 Å². The first-order valence-corrected chi connectivity index (χ1v) is 12.8. The maximum Gasteiger partial charge on any atom is 0.0645 e. The molecule has 0 aliphatic heterocycles. The van der Waals surface area contributed by atoms with Crippen LogP contribution in [0.25, 0.3) is 77.2 Å². The third-order valence-corrected chi connectivity index (χ3v) is 6.86. The van der Waals surface area contributed by atoms with Crippen LogP contribution in [0.4, 0.5) is 0 Å². The molecule has 9 aromatic rings. The normalized spacial score (nSPS) is 20.5. The van der Waals surface area contributed by atoms with Gasteiger partial charge in [-0.2, -0.15) is 0 Å². The number of fused-ring (bicyclic) bond motifs is 6. The standard InChI is InChI=1S/C42H28N2/c1-3-11-29(12-4-1)30-19-23-34(24-20-30)44-40-18-10-8-16-36(40)38-28-32(22-26-42(38)44)31-21-25-41-37(27-31)35-15-7-9-17-39(35)43(41)33-13-5-2-6-14-33/h1-28H/i1D,2D,3D,4D,5D,6D,7D,8D,9D,10D,11D,12D,13D,14D,15D,16D,17D,18D,19D,20D,21D,22D,23D,24D,25D,26D,27D,28D. The summed E-state index contributed by atoms with van der Waals surface area (Å²) in [6.45, 7) is 0. The summed E-state index contributed by atoms with van der Waals surface area (Å²) in [7, 11) is 0. The summed E-state index contributed by atoms with van der Waals surface area (Å²) >= 11 is 0. The van der Waals surface area contributed by atoms with Crippen LogP contribution in [0.5, 0.6) is 0 Å². The van der Waals surface area contributed by atoms with Crippen LogP contribution in [0.1, 0.15) is 38.4 Å². The van der Waals surface area contributed by atoms with E-state index in [1.54, 1.807) is 0 Å². The van der Waals surface area contributed by atoms with Crippen LogP contribution < -0.4 is 0 Å². The zero-order valence-corrected chi connectivity index (χ0v) is 21.9. The number of hydrogen-bond acceptors (Lipinski definition) is 0. The van der Waals surface area contributed by atoms with E-state index in [2.05, 4.69) is 0 Å². The first kappa shape index (κ1) is 9.57. The Balaban J connectivity index is 1.48. The van der Waals surface area contributed by atoms with Gasteiger partial charge in [0.1, 0.15) is 0 Å². The van der Waals surface area contributed by atoms with E-state index in [1.807, 2.05) is 0 Å². The Bertz CT molecular complexity index is 3990. The number of rotatable bonds is 4. The van der Waals surface area contributed by atoms with Gasteiger partial charge in [-0.25, -0.2) is 0 Å². The first-order valence-electron chi connectivity index (χ1n) is 26.8. The summed E-state index contributed by atoms with van der Waals surface area (Å²) < 4.78 is 249. The lowest BCUT2D eigenvalue weighted by atomic mass is 10.0. The maximum atomic E-state index is 9.75. The fourth-order valence-electron chi connectivity index (χ4n) is 5.00. The van der Waals surface area contributed by atoms with Crippen LogP contribution in [0.15, 0.2) is 169 Å². The number of para-hydroxylation sites is 3. The Labute approximate surface area is 295 Å². The third kappa shape index (κ3) is 3.82. The molecule has 0 radical (unpaired) electrons. The SMILES string of the molecule is [2H]c1c([2H])c([2H])c(-c2c([2H])c([2H])c(-n3c4c([2H])c([2H])c([2H])c([2H])c4c4c([2H])c(-c5c([2H])c([2H])c6c(c5[2H])c5c([2H])c([2H])c([2H])c([2H])c5n6-c5c([2H])c([2H])c([2H])c([2H])c5[2H])c([2H])c([2H])c43)c([2H])c2[2H])c([2H])c1[2H]. The van der Waals surface area contributed by atoms with Gasteiger partial charge in [-0.05, 0) is 82.7 Å². The quantitative estimate of drug-likeness (QED) is 0.193. The molecule has 2 heteroatoms. The van der Waals surface area contributed by atoms with Gasteiger partial charge in [0.25, 0.3) is 0 Å². The van der Waals surface area contributed by atoms with Gasteiger partial charge in [0.05, 0.1) is 60.4 Å². The summed E-state index contributed by atoms with van der Waals surface area (Å²) in [6, 6.07) is -25.8. The molecular formula is C42H28N2. The van der Waals surface area contributed by atoms with Crippen molar-refractivity contribution in [3.63, 3.8) is 0 Å². The van der Waals surface area contributed by atoms with Crippen molar-refractivity contribution in [3.8, 4) is 33.6 Å². The number of nitrogens with zero attached hydrogens (tertiary/aromatic N) is 2. The molecule has 0 saturated heterocycles. The molecule has 7 aromatic carbocycles. The Kier molecular flexibility index (Phi) is 2.14. The van der Waals surface area contributed by atoms with Crippen molar-refractivity contribution < 1.29 is 38.4 Å². The second-order valence-electron chi connectivity index (χ2n) is 9.26. The number of aromatic nitrogens is 2. The zero-order chi connectivity index (χ0) is 53.4. The van der Waals surface area contributed by atoms with Gasteiger partial charge in [-0.1, -0.05) is 109 Å². The largest absolute Gasteiger partial charge is 0.309 e. The average molecular weight is 589 g/mol. The first-order chi connectivity index (χ1) is 33.5. The smallest absolute Gasteiger partial charge is 0.0645 e. The minimum absolute atomic E-state index is 0.547. The van der Waals surface area contributed by atoms with Gasteiger partial charge in [0.2, 0.25) is 0 Å². The lowest BCUT2D eigenvalue weighted by Gasteiger charge is -2.10. The van der Waals surface area contributed by atoms with Crippen molar-refractivity contribution in [2.75, 3.05) is 0 Å². The maximum absolute atomic E-state index is 9.75. The second-order valence-corrected chi connectivity index (χ2v) is 9.26. The summed E-state index contributed by atoms with van der Waals surface area (Å²) in [5.41, 5.74) is -7.20. The Morgan fingerprint density at radius 3 is 1.23 bits per heavy atom. The van der Waals surface area contributed by atoms with E-state index in [-0.39, 0.29) is 0 Å². The molecule has 0 amide bonds. The van der Waals surface area contributed by atoms with Crippen molar-refractivity contribution in [1.29, 1.82) is 0 Å². The lowest BCUT2D eigenvalue weighted by Crippen LogP contribution is -1.93. The lowest BCUT2D eigenvalue weighted by molar-refractivity contribution is 1.18. The fraction of sp³-hybridized carbons (Fsp3) is 0. The molecule has 206 valence electrons. The second kappa shape index (κ2) is 9.86. The van der Waals surface area contributed by atoms with Gasteiger partial charge in [0.15, 0.2) is 0 Å². The van der Waals surface area contributed by atoms with Crippen LogP contribution >= 0.6 is 0 Å². The highest BCUT2D eigenvalue weighted by molar-refractivity contribution is 6.12. The van der Waals surface area contributed by atoms with E-state index in [0.29, 0.717) is 4.57 Å². The summed E-state index contributed by atoms with van der Waals surface area (Å²) in [6.07, 6.45) is 0. The number of benzene rings is 7. The summed E-state index contributed by atoms with van der Waals surface area (Å²) in [4.78, 5) is 0. The summed E-state index contributed by atoms with van der Waals surface area (Å²) in [5, 5.41) is -2.36.